The van der Waals surface area contributed by atoms with Crippen molar-refractivity contribution in [2.75, 3.05) is 5.75 Å². The van der Waals surface area contributed by atoms with Crippen molar-refractivity contribution in [2.45, 2.75) is 17.9 Å². The van der Waals surface area contributed by atoms with Crippen LogP contribution in [0.5, 0.6) is 0 Å². The predicted molar refractivity (Wildman–Crippen MR) is 164 cm³/mol. The second kappa shape index (κ2) is 10.8. The van der Waals surface area contributed by atoms with E-state index in [1.54, 1.807) is 12.1 Å². The zero-order chi connectivity index (χ0) is 27.7. The fraction of sp³-hybridized carbons (Fsp3) is 0.0938. The number of hydrogen-bond donors (Lipinski definition) is 2. The zero-order valence-corrected chi connectivity index (χ0v) is 23.3. The van der Waals surface area contributed by atoms with E-state index >= 15 is 0 Å². The molecule has 6 rings (SSSR count). The Balaban J connectivity index is 1.47. The largest absolute Gasteiger partial charge is 0.361 e. The lowest BCUT2D eigenvalue weighted by Crippen LogP contribution is -2.41. The number of hydroxylamine groups is 2. The Hall–Kier alpha value is -4.17. The summed E-state index contributed by atoms with van der Waals surface area (Å²) in [6.45, 7) is 1.99. The van der Waals surface area contributed by atoms with Crippen molar-refractivity contribution in [3.8, 4) is 0 Å². The highest BCUT2D eigenvalue weighted by molar-refractivity contribution is 8.61. The van der Waals surface area contributed by atoms with Crippen LogP contribution in [-0.2, 0) is 0 Å². The first-order chi connectivity index (χ1) is 19.5. The molecule has 8 heteroatoms. The topological polar surface area (TPSA) is 81.1 Å². The number of halogens is 1. The van der Waals surface area contributed by atoms with Gasteiger partial charge in [0.2, 0.25) is 5.12 Å². The van der Waals surface area contributed by atoms with E-state index in [0.717, 1.165) is 32.7 Å². The number of aromatic nitrogens is 1. The molecule has 4 aromatic carbocycles. The van der Waals surface area contributed by atoms with Gasteiger partial charge in [0.1, 0.15) is 11.8 Å². The van der Waals surface area contributed by atoms with Gasteiger partial charge in [0, 0.05) is 38.7 Å². The second-order valence-electron chi connectivity index (χ2n) is 9.67. The summed E-state index contributed by atoms with van der Waals surface area (Å²) in [5.41, 5.74) is 4.78. The normalized spacial score (nSPS) is 17.6. The standard InChI is InChI=1S/C32H27ClN4O2S/c1-22-16-18-25(19-17-22)40(33,32(38)24-12-6-3-7-13-24)21-29-35-36-30(23-10-4-2-5-11-23)31(37(29)39)27-20-34-28-15-9-8-14-26(27)28/h2-20,31,34,39H,21H2,1H3. The first-order valence-corrected chi connectivity index (χ1v) is 15.5. The lowest BCUT2D eigenvalue weighted by atomic mass is 9.95. The molecule has 0 saturated heterocycles. The Kier molecular flexibility index (Phi) is 7.02. The third-order valence-electron chi connectivity index (χ3n) is 7.05. The fourth-order valence-electron chi connectivity index (χ4n) is 4.94. The molecule has 2 heterocycles. The van der Waals surface area contributed by atoms with Crippen molar-refractivity contribution in [2.24, 2.45) is 10.2 Å². The van der Waals surface area contributed by atoms with E-state index in [2.05, 4.69) is 15.2 Å². The van der Waals surface area contributed by atoms with Gasteiger partial charge in [-0.15, -0.1) is 5.10 Å². The van der Waals surface area contributed by atoms with Gasteiger partial charge in [0.25, 0.3) is 0 Å². The molecule has 2 unspecified atom stereocenters. The van der Waals surface area contributed by atoms with E-state index in [1.165, 1.54) is 0 Å². The summed E-state index contributed by atoms with van der Waals surface area (Å²) in [5, 5.41) is 22.8. The van der Waals surface area contributed by atoms with E-state index in [9.17, 15) is 10.0 Å². The first-order valence-electron chi connectivity index (χ1n) is 12.9. The number of carbonyl (C=O) groups excluding carboxylic acids is 1. The molecule has 1 aliphatic rings. The number of carbonyl (C=O) groups is 1. The van der Waals surface area contributed by atoms with E-state index in [1.807, 2.05) is 110 Å². The van der Waals surface area contributed by atoms with Crippen LogP contribution < -0.4 is 0 Å². The van der Waals surface area contributed by atoms with Crippen LogP contribution in [0, 0.1) is 6.92 Å². The monoisotopic (exact) mass is 566 g/mol. The van der Waals surface area contributed by atoms with Gasteiger partial charge in [0.05, 0.1) is 5.75 Å². The Bertz CT molecular complexity index is 1740. The molecular weight excluding hydrogens is 540 g/mol. The third kappa shape index (κ3) is 4.73. The summed E-state index contributed by atoms with van der Waals surface area (Å²) in [5.74, 6) is 0.233. The molecule has 0 fully saturated rings. The molecule has 0 aliphatic carbocycles. The maximum atomic E-state index is 14.0. The number of aromatic amines is 1. The summed E-state index contributed by atoms with van der Waals surface area (Å²) >= 11 is 0. The molecule has 200 valence electrons. The maximum Gasteiger partial charge on any atom is 0.219 e. The van der Waals surface area contributed by atoms with E-state index in [0.29, 0.717) is 16.2 Å². The number of hydrogen-bond acceptors (Lipinski definition) is 5. The van der Waals surface area contributed by atoms with Crippen LogP contribution in [0.25, 0.3) is 10.9 Å². The summed E-state index contributed by atoms with van der Waals surface area (Å²) in [6, 6.07) is 33.6. The highest BCUT2D eigenvalue weighted by Crippen LogP contribution is 2.63. The Morgan fingerprint density at radius 1 is 0.900 bits per heavy atom. The smallest absolute Gasteiger partial charge is 0.219 e. The van der Waals surface area contributed by atoms with Crippen LogP contribution in [0.4, 0.5) is 0 Å². The Morgan fingerprint density at radius 2 is 1.55 bits per heavy atom. The molecule has 6 nitrogen and oxygen atoms in total. The molecule has 0 spiro atoms. The number of nitrogens with zero attached hydrogens (tertiary/aromatic N) is 3. The maximum absolute atomic E-state index is 14.0. The molecule has 2 atom stereocenters. The minimum absolute atomic E-state index is 0.00622. The van der Waals surface area contributed by atoms with E-state index in [4.69, 9.17) is 10.7 Å². The minimum atomic E-state index is -2.69. The number of H-pyrrole nitrogens is 1. The molecular formula is C32H27ClN4O2S. The lowest BCUT2D eigenvalue weighted by molar-refractivity contribution is -0.0354. The predicted octanol–water partition coefficient (Wildman–Crippen LogP) is 7.88. The number of fused-ring (bicyclic) bond motifs is 1. The lowest BCUT2D eigenvalue weighted by Gasteiger charge is -2.37. The number of benzene rings is 4. The molecule has 0 bridgehead atoms. The summed E-state index contributed by atoms with van der Waals surface area (Å²) in [7, 11) is 4.69. The van der Waals surface area contributed by atoms with Gasteiger partial charge < -0.3 is 4.98 Å². The van der Waals surface area contributed by atoms with Crippen LogP contribution in [0.15, 0.2) is 130 Å². The van der Waals surface area contributed by atoms with Gasteiger partial charge in [-0.05, 0) is 25.1 Å². The van der Waals surface area contributed by atoms with E-state index < -0.39 is 15.3 Å². The van der Waals surface area contributed by atoms with Gasteiger partial charge >= 0.3 is 0 Å². The fourth-order valence-corrected chi connectivity index (χ4v) is 7.95. The van der Waals surface area contributed by atoms with Gasteiger partial charge in [-0.1, -0.05) is 116 Å². The van der Waals surface area contributed by atoms with E-state index in [-0.39, 0.29) is 16.7 Å². The number of para-hydroxylation sites is 1. The summed E-state index contributed by atoms with van der Waals surface area (Å²) in [4.78, 5) is 18.0. The van der Waals surface area contributed by atoms with Crippen LogP contribution in [0.3, 0.4) is 0 Å². The van der Waals surface area contributed by atoms with Crippen LogP contribution in [0.1, 0.15) is 33.1 Å². The SMILES string of the molecule is Cc1ccc(S(Cl)(CC2=NN=C(c3ccccc3)C(c3c[nH]c4ccccc34)N2O)C(=O)c2ccccc2)cc1. The van der Waals surface area contributed by atoms with Gasteiger partial charge in [0.15, 0.2) is 5.84 Å². The highest BCUT2D eigenvalue weighted by atomic mass is 35.7. The van der Waals surface area contributed by atoms with Crippen molar-refractivity contribution in [1.29, 1.82) is 0 Å². The number of rotatable bonds is 6. The number of nitrogens with one attached hydrogen (secondary N) is 1. The molecule has 1 aromatic heterocycles. The highest BCUT2D eigenvalue weighted by Gasteiger charge is 2.40. The van der Waals surface area contributed by atoms with Crippen molar-refractivity contribution < 1.29 is 10.0 Å². The average molecular weight is 567 g/mol. The Labute approximate surface area is 238 Å². The summed E-state index contributed by atoms with van der Waals surface area (Å²) < 4.78 is 0. The van der Waals surface area contributed by atoms with Crippen molar-refractivity contribution in [1.82, 2.24) is 10.0 Å². The molecule has 0 radical (unpaired) electrons. The van der Waals surface area contributed by atoms with Gasteiger partial charge in [-0.25, -0.2) is 5.06 Å². The third-order valence-corrected chi connectivity index (χ3v) is 10.8. The van der Waals surface area contributed by atoms with Gasteiger partial charge in [-0.3, -0.25) is 10.0 Å². The molecule has 40 heavy (non-hydrogen) atoms. The Morgan fingerprint density at radius 3 is 2.27 bits per heavy atom. The number of aryl methyl sites for hydroxylation is 1. The minimum Gasteiger partial charge on any atom is -0.361 e. The van der Waals surface area contributed by atoms with Crippen molar-refractivity contribution in [3.05, 3.63) is 138 Å². The van der Waals surface area contributed by atoms with Gasteiger partial charge in [-0.2, -0.15) is 5.10 Å². The second-order valence-corrected chi connectivity index (χ2v) is 13.7. The number of amidine groups is 1. The zero-order valence-electron chi connectivity index (χ0n) is 21.7. The van der Waals surface area contributed by atoms with Crippen molar-refractivity contribution in [3.63, 3.8) is 0 Å². The quantitative estimate of drug-likeness (QED) is 0.219. The molecule has 0 amide bonds. The molecule has 0 saturated carbocycles. The molecule has 1 aliphatic heterocycles. The first kappa shape index (κ1) is 26.1. The average Bonchev–Trinajstić information content (AvgIpc) is 3.42. The summed E-state index contributed by atoms with van der Waals surface area (Å²) in [6.07, 6.45) is 1.88. The van der Waals surface area contributed by atoms with Crippen LogP contribution in [-0.4, -0.2) is 37.7 Å². The molecule has 2 N–H and O–H groups in total. The molecule has 5 aromatic rings. The van der Waals surface area contributed by atoms with Crippen molar-refractivity contribution >= 4 is 47.5 Å². The van der Waals surface area contributed by atoms with Crippen LogP contribution in [0.2, 0.25) is 0 Å². The van der Waals surface area contributed by atoms with Crippen LogP contribution >= 0.6 is 19.9 Å².